The number of hydrogen-bond acceptors (Lipinski definition) is 3. The number of pyridine rings is 1. The van der Waals surface area contributed by atoms with Crippen LogP contribution in [0.1, 0.15) is 29.9 Å². The predicted molar refractivity (Wildman–Crippen MR) is 84.0 cm³/mol. The molecule has 2 heterocycles. The summed E-state index contributed by atoms with van der Waals surface area (Å²) < 4.78 is 2.04. The van der Waals surface area contributed by atoms with Crippen LogP contribution >= 0.6 is 0 Å². The molecule has 1 unspecified atom stereocenters. The molecule has 1 atom stereocenters. The molecule has 1 aromatic carbocycles. The third-order valence-corrected chi connectivity index (χ3v) is 3.96. The van der Waals surface area contributed by atoms with Gasteiger partial charge in [-0.25, -0.2) is 0 Å². The van der Waals surface area contributed by atoms with Gasteiger partial charge >= 0.3 is 0 Å². The van der Waals surface area contributed by atoms with Crippen molar-refractivity contribution in [3.63, 3.8) is 0 Å². The lowest BCUT2D eigenvalue weighted by Gasteiger charge is -2.24. The lowest BCUT2D eigenvalue weighted by atomic mass is 10.0. The van der Waals surface area contributed by atoms with E-state index >= 15 is 0 Å². The summed E-state index contributed by atoms with van der Waals surface area (Å²) in [6.07, 6.45) is 2.01. The van der Waals surface area contributed by atoms with E-state index in [-0.39, 0.29) is 0 Å². The largest absolute Gasteiger partial charge is 0.292 e. The molecule has 0 bridgehead atoms. The number of aryl methyl sites for hydroxylation is 1. The summed E-state index contributed by atoms with van der Waals surface area (Å²) in [5.74, 6) is 0.965. The van der Waals surface area contributed by atoms with Gasteiger partial charge in [0, 0.05) is 12.2 Å². The van der Waals surface area contributed by atoms with Gasteiger partial charge in [-0.05, 0) is 38.6 Å². The van der Waals surface area contributed by atoms with E-state index in [0.717, 1.165) is 18.0 Å². The Morgan fingerprint density at radius 2 is 2.00 bits per heavy atom. The van der Waals surface area contributed by atoms with Crippen LogP contribution in [-0.2, 0) is 6.54 Å². The van der Waals surface area contributed by atoms with Crippen molar-refractivity contribution in [3.05, 3.63) is 65.6 Å². The van der Waals surface area contributed by atoms with Crippen LogP contribution in [0.2, 0.25) is 0 Å². The molecule has 0 aliphatic rings. The lowest BCUT2D eigenvalue weighted by molar-refractivity contribution is 0.246. The SMILES string of the molecule is Cc1cccc(C(C)N(C)Cc2nnc3ccccn23)c1. The van der Waals surface area contributed by atoms with Crippen molar-refractivity contribution in [1.29, 1.82) is 0 Å². The highest BCUT2D eigenvalue weighted by Crippen LogP contribution is 2.21. The van der Waals surface area contributed by atoms with E-state index in [0.29, 0.717) is 6.04 Å². The third-order valence-electron chi connectivity index (χ3n) is 3.96. The maximum atomic E-state index is 4.30. The molecule has 3 aromatic rings. The molecule has 21 heavy (non-hydrogen) atoms. The highest BCUT2D eigenvalue weighted by molar-refractivity contribution is 5.37. The number of benzene rings is 1. The van der Waals surface area contributed by atoms with Crippen molar-refractivity contribution in [3.8, 4) is 0 Å². The fourth-order valence-corrected chi connectivity index (χ4v) is 2.54. The summed E-state index contributed by atoms with van der Waals surface area (Å²) in [6, 6.07) is 14.9. The first kappa shape index (κ1) is 13.8. The molecule has 0 aliphatic heterocycles. The molecule has 2 aromatic heterocycles. The minimum Gasteiger partial charge on any atom is -0.292 e. The van der Waals surface area contributed by atoms with Crippen LogP contribution < -0.4 is 0 Å². The van der Waals surface area contributed by atoms with Crippen molar-refractivity contribution in [2.24, 2.45) is 0 Å². The molecule has 0 saturated heterocycles. The molecular weight excluding hydrogens is 260 g/mol. The van der Waals surface area contributed by atoms with Crippen LogP contribution in [0.3, 0.4) is 0 Å². The molecule has 0 fully saturated rings. The molecule has 3 rings (SSSR count). The fraction of sp³-hybridized carbons (Fsp3) is 0.294. The fourth-order valence-electron chi connectivity index (χ4n) is 2.54. The molecule has 0 aliphatic carbocycles. The van der Waals surface area contributed by atoms with Crippen LogP contribution in [0.4, 0.5) is 0 Å². The average molecular weight is 280 g/mol. The first-order valence-electron chi connectivity index (χ1n) is 7.20. The predicted octanol–water partition coefficient (Wildman–Crippen LogP) is 3.23. The molecule has 108 valence electrons. The second-order valence-corrected chi connectivity index (χ2v) is 5.55. The van der Waals surface area contributed by atoms with Crippen molar-refractivity contribution in [2.75, 3.05) is 7.05 Å². The van der Waals surface area contributed by atoms with Crippen LogP contribution in [0.15, 0.2) is 48.7 Å². The maximum absolute atomic E-state index is 4.30. The van der Waals surface area contributed by atoms with Gasteiger partial charge in [0.25, 0.3) is 0 Å². The number of fused-ring (bicyclic) bond motifs is 1. The summed E-state index contributed by atoms with van der Waals surface area (Å²) in [5, 5.41) is 8.50. The van der Waals surface area contributed by atoms with E-state index < -0.39 is 0 Å². The van der Waals surface area contributed by atoms with Gasteiger partial charge in [0.05, 0.1) is 6.54 Å². The van der Waals surface area contributed by atoms with Gasteiger partial charge in [-0.1, -0.05) is 35.9 Å². The van der Waals surface area contributed by atoms with E-state index in [9.17, 15) is 0 Å². The Morgan fingerprint density at radius 3 is 2.81 bits per heavy atom. The van der Waals surface area contributed by atoms with E-state index in [1.807, 2.05) is 28.8 Å². The Bertz CT molecular complexity index is 747. The zero-order valence-electron chi connectivity index (χ0n) is 12.7. The standard InChI is InChI=1S/C17H20N4/c1-13-7-6-8-15(11-13)14(2)20(3)12-17-19-18-16-9-4-5-10-21(16)17/h4-11,14H,12H2,1-3H3. The van der Waals surface area contributed by atoms with Gasteiger partial charge in [0.2, 0.25) is 0 Å². The molecule has 4 nitrogen and oxygen atoms in total. The molecule has 0 spiro atoms. The normalized spacial score (nSPS) is 13.0. The molecule has 0 saturated carbocycles. The Kier molecular flexibility index (Phi) is 3.71. The quantitative estimate of drug-likeness (QED) is 0.735. The molecule has 0 radical (unpaired) electrons. The van der Waals surface area contributed by atoms with Crippen molar-refractivity contribution >= 4 is 5.65 Å². The second-order valence-electron chi connectivity index (χ2n) is 5.55. The van der Waals surface area contributed by atoms with Gasteiger partial charge in [-0.2, -0.15) is 0 Å². The highest BCUT2D eigenvalue weighted by Gasteiger charge is 2.15. The zero-order chi connectivity index (χ0) is 14.8. The first-order chi connectivity index (χ1) is 10.1. The smallest absolute Gasteiger partial charge is 0.160 e. The Balaban J connectivity index is 1.81. The van der Waals surface area contributed by atoms with Crippen LogP contribution in [0.25, 0.3) is 5.65 Å². The maximum Gasteiger partial charge on any atom is 0.160 e. The second kappa shape index (κ2) is 5.66. The van der Waals surface area contributed by atoms with Crippen molar-refractivity contribution in [1.82, 2.24) is 19.5 Å². The van der Waals surface area contributed by atoms with E-state index in [4.69, 9.17) is 0 Å². The molecule has 0 N–H and O–H groups in total. The van der Waals surface area contributed by atoms with E-state index in [1.54, 1.807) is 0 Å². The Hall–Kier alpha value is -2.20. The topological polar surface area (TPSA) is 33.4 Å². The summed E-state index contributed by atoms with van der Waals surface area (Å²) in [6.45, 7) is 5.11. The van der Waals surface area contributed by atoms with Gasteiger partial charge in [-0.15, -0.1) is 10.2 Å². The summed E-state index contributed by atoms with van der Waals surface area (Å²) in [4.78, 5) is 2.29. The molecular formula is C17H20N4. The summed E-state index contributed by atoms with van der Waals surface area (Å²) in [5.41, 5.74) is 3.51. The minimum atomic E-state index is 0.334. The zero-order valence-corrected chi connectivity index (χ0v) is 12.7. The van der Waals surface area contributed by atoms with Crippen LogP contribution in [-0.4, -0.2) is 26.5 Å². The summed E-state index contributed by atoms with van der Waals surface area (Å²) >= 11 is 0. The highest BCUT2D eigenvalue weighted by atomic mass is 15.3. The van der Waals surface area contributed by atoms with Gasteiger partial charge in [-0.3, -0.25) is 9.30 Å². The van der Waals surface area contributed by atoms with Crippen molar-refractivity contribution in [2.45, 2.75) is 26.4 Å². The monoisotopic (exact) mass is 280 g/mol. The first-order valence-corrected chi connectivity index (χ1v) is 7.20. The third kappa shape index (κ3) is 2.81. The van der Waals surface area contributed by atoms with Crippen molar-refractivity contribution < 1.29 is 0 Å². The van der Waals surface area contributed by atoms with Gasteiger partial charge in [0.1, 0.15) is 0 Å². The number of hydrogen-bond donors (Lipinski definition) is 0. The molecule has 0 amide bonds. The van der Waals surface area contributed by atoms with E-state index in [1.165, 1.54) is 11.1 Å². The van der Waals surface area contributed by atoms with Crippen LogP contribution in [0, 0.1) is 6.92 Å². The Labute approximate surface area is 125 Å². The minimum absolute atomic E-state index is 0.334. The Morgan fingerprint density at radius 1 is 1.14 bits per heavy atom. The summed E-state index contributed by atoms with van der Waals surface area (Å²) in [7, 11) is 2.12. The number of aromatic nitrogens is 3. The van der Waals surface area contributed by atoms with Crippen LogP contribution in [0.5, 0.6) is 0 Å². The van der Waals surface area contributed by atoms with E-state index in [2.05, 4.69) is 60.3 Å². The molecule has 4 heteroatoms. The average Bonchev–Trinajstić information content (AvgIpc) is 2.90. The lowest BCUT2D eigenvalue weighted by Crippen LogP contribution is -2.23. The van der Waals surface area contributed by atoms with Gasteiger partial charge in [0.15, 0.2) is 11.5 Å². The number of rotatable bonds is 4. The number of nitrogens with zero attached hydrogens (tertiary/aromatic N) is 4. The van der Waals surface area contributed by atoms with Gasteiger partial charge < -0.3 is 0 Å².